The summed E-state index contributed by atoms with van der Waals surface area (Å²) < 4.78 is 0. The van der Waals surface area contributed by atoms with Gasteiger partial charge in [-0.05, 0) is 73.1 Å². The van der Waals surface area contributed by atoms with E-state index in [2.05, 4.69) is 48.4 Å². The van der Waals surface area contributed by atoms with Crippen molar-refractivity contribution in [2.24, 2.45) is 11.3 Å². The van der Waals surface area contributed by atoms with Gasteiger partial charge in [0.05, 0.1) is 6.04 Å². The van der Waals surface area contributed by atoms with Gasteiger partial charge in [-0.3, -0.25) is 14.5 Å². The summed E-state index contributed by atoms with van der Waals surface area (Å²) in [5, 5.41) is 6.17. The van der Waals surface area contributed by atoms with Gasteiger partial charge in [0.25, 0.3) is 0 Å². The van der Waals surface area contributed by atoms with Gasteiger partial charge in [-0.2, -0.15) is 0 Å². The largest absolute Gasteiger partial charge is 0.355 e. The second-order valence-corrected chi connectivity index (χ2v) is 9.85. The van der Waals surface area contributed by atoms with Gasteiger partial charge < -0.3 is 15.5 Å². The molecule has 0 unspecified atom stereocenters. The fourth-order valence-corrected chi connectivity index (χ4v) is 3.57. The lowest BCUT2D eigenvalue weighted by Gasteiger charge is -2.36. The molecule has 1 atom stereocenters. The van der Waals surface area contributed by atoms with Crippen LogP contribution in [0.2, 0.25) is 0 Å². The number of hydrogen-bond acceptors (Lipinski definition) is 4. The van der Waals surface area contributed by atoms with Gasteiger partial charge in [0, 0.05) is 24.5 Å². The van der Waals surface area contributed by atoms with Gasteiger partial charge in [-0.15, -0.1) is 0 Å². The first-order chi connectivity index (χ1) is 11.8. The molecule has 6 heteroatoms. The molecule has 1 aliphatic heterocycles. The van der Waals surface area contributed by atoms with E-state index in [1.807, 2.05) is 27.7 Å². The molecular formula is C20H40N4O2. The zero-order valence-electron chi connectivity index (χ0n) is 18.1. The van der Waals surface area contributed by atoms with E-state index in [-0.39, 0.29) is 34.7 Å². The van der Waals surface area contributed by atoms with Gasteiger partial charge in [0.2, 0.25) is 11.8 Å². The predicted molar refractivity (Wildman–Crippen MR) is 107 cm³/mol. The van der Waals surface area contributed by atoms with Crippen LogP contribution in [0, 0.1) is 11.3 Å². The number of amides is 2. The lowest BCUT2D eigenvalue weighted by molar-refractivity contribution is -0.129. The summed E-state index contributed by atoms with van der Waals surface area (Å²) in [6, 6.07) is -0.155. The normalized spacial score (nSPS) is 18.7. The molecule has 2 N–H and O–H groups in total. The van der Waals surface area contributed by atoms with Crippen LogP contribution in [0.25, 0.3) is 0 Å². The molecule has 152 valence electrons. The van der Waals surface area contributed by atoms with Crippen molar-refractivity contribution in [1.29, 1.82) is 0 Å². The van der Waals surface area contributed by atoms with Gasteiger partial charge >= 0.3 is 0 Å². The van der Waals surface area contributed by atoms with E-state index in [0.717, 1.165) is 32.5 Å². The number of piperidine rings is 1. The van der Waals surface area contributed by atoms with Crippen LogP contribution in [0.15, 0.2) is 0 Å². The van der Waals surface area contributed by atoms with Crippen LogP contribution >= 0.6 is 0 Å². The third-order valence-corrected chi connectivity index (χ3v) is 4.81. The number of nitrogens with zero attached hydrogens (tertiary/aromatic N) is 2. The molecule has 0 aromatic rings. The van der Waals surface area contributed by atoms with Crippen LogP contribution in [0.1, 0.15) is 54.4 Å². The minimum absolute atomic E-state index is 0.0549. The molecule has 0 radical (unpaired) electrons. The summed E-state index contributed by atoms with van der Waals surface area (Å²) in [6.07, 6.45) is 1.63. The highest BCUT2D eigenvalue weighted by molar-refractivity contribution is 5.82. The van der Waals surface area contributed by atoms with Crippen LogP contribution < -0.4 is 10.6 Å². The summed E-state index contributed by atoms with van der Waals surface area (Å²) in [7, 11) is 4.10. The van der Waals surface area contributed by atoms with Crippen LogP contribution in [-0.4, -0.2) is 73.5 Å². The molecular weight excluding hydrogens is 328 g/mol. The fraction of sp³-hybridized carbons (Fsp3) is 0.900. The Morgan fingerprint density at radius 3 is 2.12 bits per heavy atom. The summed E-state index contributed by atoms with van der Waals surface area (Å²) in [5.41, 5.74) is -0.164. The molecule has 0 aromatic carbocycles. The molecule has 0 aromatic heterocycles. The van der Waals surface area contributed by atoms with Crippen LogP contribution in [0.3, 0.4) is 0 Å². The van der Waals surface area contributed by atoms with Gasteiger partial charge in [-0.25, -0.2) is 0 Å². The third kappa shape index (κ3) is 8.04. The van der Waals surface area contributed by atoms with Crippen molar-refractivity contribution < 1.29 is 9.59 Å². The average molecular weight is 369 g/mol. The minimum Gasteiger partial charge on any atom is -0.355 e. The Labute approximate surface area is 160 Å². The number of carbonyl (C=O) groups is 2. The van der Waals surface area contributed by atoms with Gasteiger partial charge in [0.1, 0.15) is 0 Å². The first kappa shape index (κ1) is 22.9. The van der Waals surface area contributed by atoms with Crippen molar-refractivity contribution in [3.63, 3.8) is 0 Å². The highest BCUT2D eigenvalue weighted by Gasteiger charge is 2.31. The highest BCUT2D eigenvalue weighted by atomic mass is 16.2. The number of carbonyl (C=O) groups excluding carboxylic acids is 2. The SMILES string of the molecule is C[C@H](C(=O)NC(C)(C)C)N1CCC(C(=O)NCC(C)(C)CN(C)C)CC1. The Morgan fingerprint density at radius 2 is 1.65 bits per heavy atom. The van der Waals surface area contributed by atoms with Crippen molar-refractivity contribution in [3.05, 3.63) is 0 Å². The van der Waals surface area contributed by atoms with Crippen molar-refractivity contribution in [2.45, 2.75) is 66.0 Å². The monoisotopic (exact) mass is 368 g/mol. The van der Waals surface area contributed by atoms with E-state index < -0.39 is 0 Å². The Bertz CT molecular complexity index is 475. The van der Waals surface area contributed by atoms with E-state index in [1.165, 1.54) is 0 Å². The van der Waals surface area contributed by atoms with E-state index in [1.54, 1.807) is 0 Å². The standard InChI is InChI=1S/C20H40N4O2/c1-15(17(25)22-19(2,3)4)24-11-9-16(10-12-24)18(26)21-13-20(5,6)14-23(7)8/h15-16H,9-14H2,1-8H3,(H,21,26)(H,22,25)/t15-/m1/s1. The van der Waals surface area contributed by atoms with Crippen molar-refractivity contribution >= 4 is 11.8 Å². The zero-order valence-corrected chi connectivity index (χ0v) is 18.1. The predicted octanol–water partition coefficient (Wildman–Crippen LogP) is 1.71. The smallest absolute Gasteiger partial charge is 0.237 e. The lowest BCUT2D eigenvalue weighted by atomic mass is 9.91. The molecule has 1 fully saturated rings. The van der Waals surface area contributed by atoms with Crippen LogP contribution in [0.4, 0.5) is 0 Å². The van der Waals surface area contributed by atoms with Gasteiger partial charge in [0.15, 0.2) is 0 Å². The summed E-state index contributed by atoms with van der Waals surface area (Å²) in [4.78, 5) is 29.2. The number of nitrogens with one attached hydrogen (secondary N) is 2. The highest BCUT2D eigenvalue weighted by Crippen LogP contribution is 2.21. The number of rotatable bonds is 7. The van der Waals surface area contributed by atoms with Crippen molar-refractivity contribution in [2.75, 3.05) is 40.3 Å². The summed E-state index contributed by atoms with van der Waals surface area (Å²) in [6.45, 7) is 15.5. The van der Waals surface area contributed by atoms with E-state index >= 15 is 0 Å². The van der Waals surface area contributed by atoms with Crippen molar-refractivity contribution in [3.8, 4) is 0 Å². The number of likely N-dealkylation sites (tertiary alicyclic amines) is 1. The maximum atomic E-state index is 12.5. The zero-order chi connectivity index (χ0) is 20.1. The second-order valence-electron chi connectivity index (χ2n) is 9.85. The molecule has 1 saturated heterocycles. The average Bonchev–Trinajstić information content (AvgIpc) is 2.49. The molecule has 0 aliphatic carbocycles. The molecule has 0 spiro atoms. The van der Waals surface area contributed by atoms with E-state index in [0.29, 0.717) is 6.54 Å². The molecule has 0 bridgehead atoms. The Morgan fingerprint density at radius 1 is 1.12 bits per heavy atom. The topological polar surface area (TPSA) is 64.7 Å². The molecule has 1 rings (SSSR count). The quantitative estimate of drug-likeness (QED) is 0.718. The van der Waals surface area contributed by atoms with E-state index in [4.69, 9.17) is 0 Å². The maximum Gasteiger partial charge on any atom is 0.237 e. The van der Waals surface area contributed by atoms with Crippen LogP contribution in [0.5, 0.6) is 0 Å². The summed E-state index contributed by atoms with van der Waals surface area (Å²) >= 11 is 0. The lowest BCUT2D eigenvalue weighted by Crippen LogP contribution is -2.53. The molecule has 6 nitrogen and oxygen atoms in total. The molecule has 0 saturated carbocycles. The molecule has 1 heterocycles. The molecule has 26 heavy (non-hydrogen) atoms. The third-order valence-electron chi connectivity index (χ3n) is 4.81. The Kier molecular flexibility index (Phi) is 8.08. The second kappa shape index (κ2) is 9.18. The Balaban J connectivity index is 2.43. The first-order valence-corrected chi connectivity index (χ1v) is 9.79. The van der Waals surface area contributed by atoms with Gasteiger partial charge in [-0.1, -0.05) is 13.8 Å². The summed E-state index contributed by atoms with van der Waals surface area (Å²) in [5.74, 6) is 0.272. The number of hydrogen-bond donors (Lipinski definition) is 2. The van der Waals surface area contributed by atoms with E-state index in [9.17, 15) is 9.59 Å². The van der Waals surface area contributed by atoms with Crippen molar-refractivity contribution in [1.82, 2.24) is 20.4 Å². The minimum atomic E-state index is -0.219. The maximum absolute atomic E-state index is 12.5. The molecule has 2 amide bonds. The fourth-order valence-electron chi connectivity index (χ4n) is 3.57. The van der Waals surface area contributed by atoms with Crippen LogP contribution in [-0.2, 0) is 9.59 Å². The first-order valence-electron chi connectivity index (χ1n) is 9.79. The molecule has 1 aliphatic rings. The Hall–Kier alpha value is -1.14.